The lowest BCUT2D eigenvalue weighted by atomic mass is 10.0. The third-order valence-corrected chi connectivity index (χ3v) is 3.41. The molecular weight excluding hydrogens is 258 g/mol. The summed E-state index contributed by atoms with van der Waals surface area (Å²) < 4.78 is 0. The highest BCUT2D eigenvalue weighted by molar-refractivity contribution is 5.98. The van der Waals surface area contributed by atoms with Gasteiger partial charge in [-0.15, -0.1) is 0 Å². The molecule has 0 fully saturated rings. The Morgan fingerprint density at radius 1 is 1.00 bits per heavy atom. The zero-order valence-corrected chi connectivity index (χ0v) is 11.8. The van der Waals surface area contributed by atoms with Crippen LogP contribution in [0.2, 0.25) is 0 Å². The zero-order chi connectivity index (χ0) is 14.7. The first-order chi connectivity index (χ1) is 10.2. The zero-order valence-electron chi connectivity index (χ0n) is 11.8. The predicted molar refractivity (Wildman–Crippen MR) is 87.1 cm³/mol. The van der Waals surface area contributed by atoms with Gasteiger partial charge in [0.05, 0.1) is 5.52 Å². The summed E-state index contributed by atoms with van der Waals surface area (Å²) >= 11 is 0. The molecule has 0 atom stereocenters. The molecule has 1 aromatic heterocycles. The van der Waals surface area contributed by atoms with Crippen LogP contribution in [0.15, 0.2) is 60.8 Å². The van der Waals surface area contributed by atoms with Gasteiger partial charge in [0.2, 0.25) is 0 Å². The number of carbonyl (C=O) groups excluding carboxylic acids is 1. The summed E-state index contributed by atoms with van der Waals surface area (Å²) in [6.45, 7) is 1.59. The summed E-state index contributed by atoms with van der Waals surface area (Å²) in [5.74, 6) is 0.0758. The van der Waals surface area contributed by atoms with Crippen molar-refractivity contribution in [2.75, 3.05) is 0 Å². The van der Waals surface area contributed by atoms with E-state index >= 15 is 0 Å². The number of fused-ring (bicyclic) bond motifs is 1. The minimum atomic E-state index is 0.0758. The van der Waals surface area contributed by atoms with Crippen LogP contribution in [0.5, 0.6) is 0 Å². The maximum absolute atomic E-state index is 11.6. The van der Waals surface area contributed by atoms with Crippen LogP contribution in [0.3, 0.4) is 0 Å². The van der Waals surface area contributed by atoms with Gasteiger partial charge >= 0.3 is 0 Å². The van der Waals surface area contributed by atoms with Gasteiger partial charge in [0.25, 0.3) is 0 Å². The molecule has 0 N–H and O–H groups in total. The van der Waals surface area contributed by atoms with E-state index in [1.807, 2.05) is 66.9 Å². The van der Waals surface area contributed by atoms with E-state index in [1.54, 1.807) is 6.92 Å². The SMILES string of the molecule is CC(=O)c1ccccc1/C=C/c1cnc2ccccc2c1. The van der Waals surface area contributed by atoms with Crippen molar-refractivity contribution in [1.82, 2.24) is 4.98 Å². The van der Waals surface area contributed by atoms with Gasteiger partial charge in [0, 0.05) is 17.1 Å². The van der Waals surface area contributed by atoms with E-state index in [1.165, 1.54) is 0 Å². The van der Waals surface area contributed by atoms with Crippen molar-refractivity contribution >= 4 is 28.8 Å². The fraction of sp³-hybridized carbons (Fsp3) is 0.0526. The fourth-order valence-corrected chi connectivity index (χ4v) is 2.33. The first-order valence-electron chi connectivity index (χ1n) is 6.87. The van der Waals surface area contributed by atoms with E-state index in [0.717, 1.165) is 27.6 Å². The van der Waals surface area contributed by atoms with Crippen LogP contribution >= 0.6 is 0 Å². The molecule has 3 aromatic rings. The Kier molecular flexibility index (Phi) is 3.61. The van der Waals surface area contributed by atoms with Crippen molar-refractivity contribution in [2.45, 2.75) is 6.92 Å². The summed E-state index contributed by atoms with van der Waals surface area (Å²) in [4.78, 5) is 16.0. The van der Waals surface area contributed by atoms with Crippen LogP contribution in [0.4, 0.5) is 0 Å². The second-order valence-electron chi connectivity index (χ2n) is 4.94. The normalized spacial score (nSPS) is 11.1. The van der Waals surface area contributed by atoms with Crippen LogP contribution in [-0.2, 0) is 0 Å². The molecule has 0 aliphatic heterocycles. The minimum absolute atomic E-state index is 0.0758. The van der Waals surface area contributed by atoms with Gasteiger partial charge in [-0.3, -0.25) is 9.78 Å². The number of hydrogen-bond acceptors (Lipinski definition) is 2. The van der Waals surface area contributed by atoms with Crippen molar-refractivity contribution in [3.8, 4) is 0 Å². The number of carbonyl (C=O) groups is 1. The Labute approximate surface area is 123 Å². The van der Waals surface area contributed by atoms with Gasteiger partial charge in [-0.05, 0) is 30.2 Å². The van der Waals surface area contributed by atoms with Gasteiger partial charge in [-0.1, -0.05) is 54.6 Å². The van der Waals surface area contributed by atoms with E-state index in [2.05, 4.69) is 11.1 Å². The molecule has 0 saturated heterocycles. The smallest absolute Gasteiger partial charge is 0.160 e. The lowest BCUT2D eigenvalue weighted by Gasteiger charge is -2.02. The lowest BCUT2D eigenvalue weighted by Crippen LogP contribution is -1.94. The Morgan fingerprint density at radius 2 is 1.76 bits per heavy atom. The third-order valence-electron chi connectivity index (χ3n) is 3.41. The van der Waals surface area contributed by atoms with Crippen molar-refractivity contribution in [3.63, 3.8) is 0 Å². The highest BCUT2D eigenvalue weighted by Crippen LogP contribution is 2.17. The number of benzene rings is 2. The number of pyridine rings is 1. The number of nitrogens with zero attached hydrogens (tertiary/aromatic N) is 1. The summed E-state index contributed by atoms with van der Waals surface area (Å²) in [5.41, 5.74) is 3.67. The highest BCUT2D eigenvalue weighted by Gasteiger charge is 2.03. The van der Waals surface area contributed by atoms with Gasteiger partial charge in [0.15, 0.2) is 5.78 Å². The van der Waals surface area contributed by atoms with Gasteiger partial charge in [-0.2, -0.15) is 0 Å². The second-order valence-corrected chi connectivity index (χ2v) is 4.94. The van der Waals surface area contributed by atoms with Crippen LogP contribution in [0.25, 0.3) is 23.1 Å². The molecule has 0 bridgehead atoms. The Morgan fingerprint density at radius 3 is 2.62 bits per heavy atom. The number of rotatable bonds is 3. The lowest BCUT2D eigenvalue weighted by molar-refractivity contribution is 0.101. The van der Waals surface area contributed by atoms with Crippen LogP contribution < -0.4 is 0 Å². The highest BCUT2D eigenvalue weighted by atomic mass is 16.1. The maximum Gasteiger partial charge on any atom is 0.160 e. The summed E-state index contributed by atoms with van der Waals surface area (Å²) in [7, 11) is 0. The van der Waals surface area contributed by atoms with Crippen LogP contribution in [-0.4, -0.2) is 10.8 Å². The molecule has 21 heavy (non-hydrogen) atoms. The summed E-state index contributed by atoms with van der Waals surface area (Å²) in [6.07, 6.45) is 5.79. The number of aromatic nitrogens is 1. The van der Waals surface area contributed by atoms with E-state index in [-0.39, 0.29) is 5.78 Å². The average Bonchev–Trinajstić information content (AvgIpc) is 2.53. The summed E-state index contributed by atoms with van der Waals surface area (Å²) in [6, 6.07) is 17.7. The molecule has 0 saturated carbocycles. The number of para-hydroxylation sites is 1. The van der Waals surface area contributed by atoms with E-state index in [4.69, 9.17) is 0 Å². The Bertz CT molecular complexity index is 834. The molecule has 0 aliphatic carbocycles. The molecule has 2 heteroatoms. The molecule has 0 aliphatic rings. The predicted octanol–water partition coefficient (Wildman–Crippen LogP) is 4.61. The van der Waals surface area contributed by atoms with E-state index in [9.17, 15) is 4.79 Å². The average molecular weight is 273 g/mol. The quantitative estimate of drug-likeness (QED) is 0.652. The molecule has 2 aromatic carbocycles. The molecule has 102 valence electrons. The van der Waals surface area contributed by atoms with Crippen molar-refractivity contribution < 1.29 is 4.79 Å². The van der Waals surface area contributed by atoms with Crippen LogP contribution in [0.1, 0.15) is 28.4 Å². The Balaban J connectivity index is 1.96. The first kappa shape index (κ1) is 13.3. The topological polar surface area (TPSA) is 30.0 Å². The Hall–Kier alpha value is -2.74. The largest absolute Gasteiger partial charge is 0.294 e. The van der Waals surface area contributed by atoms with Crippen molar-refractivity contribution in [3.05, 3.63) is 77.5 Å². The van der Waals surface area contributed by atoms with Crippen molar-refractivity contribution in [2.24, 2.45) is 0 Å². The third kappa shape index (κ3) is 2.90. The molecule has 3 rings (SSSR count). The van der Waals surface area contributed by atoms with E-state index in [0.29, 0.717) is 0 Å². The molecule has 0 unspecified atom stereocenters. The minimum Gasteiger partial charge on any atom is -0.294 e. The summed E-state index contributed by atoms with van der Waals surface area (Å²) in [5, 5.41) is 1.11. The van der Waals surface area contributed by atoms with Gasteiger partial charge in [-0.25, -0.2) is 0 Å². The van der Waals surface area contributed by atoms with Crippen molar-refractivity contribution in [1.29, 1.82) is 0 Å². The number of ketones is 1. The molecular formula is C19H15NO. The molecule has 1 heterocycles. The van der Waals surface area contributed by atoms with E-state index < -0.39 is 0 Å². The number of Topliss-reactive ketones (excluding diaryl/α,β-unsaturated/α-hetero) is 1. The van der Waals surface area contributed by atoms with Gasteiger partial charge in [0.1, 0.15) is 0 Å². The maximum atomic E-state index is 11.6. The van der Waals surface area contributed by atoms with Crippen LogP contribution in [0, 0.1) is 0 Å². The standard InChI is InChI=1S/C19H15NO/c1-14(21)18-8-4-2-6-16(18)11-10-15-12-17-7-3-5-9-19(17)20-13-15/h2-13H,1H3/b11-10+. The molecule has 0 radical (unpaired) electrons. The second kappa shape index (κ2) is 5.71. The van der Waals surface area contributed by atoms with Gasteiger partial charge < -0.3 is 0 Å². The molecule has 0 amide bonds. The fourth-order valence-electron chi connectivity index (χ4n) is 2.33. The number of hydrogen-bond donors (Lipinski definition) is 0. The first-order valence-corrected chi connectivity index (χ1v) is 6.87. The monoisotopic (exact) mass is 273 g/mol. The molecule has 0 spiro atoms. The molecule has 2 nitrogen and oxygen atoms in total.